The van der Waals surface area contributed by atoms with Crippen LogP contribution in [0.15, 0.2) is 35.6 Å². The SMILES string of the molecule is C=N/C(=C\c1cccc(-c2nc(C3CC3)n3c2CN(C)C(=O)[C@H]3C)c1C)c1cnn(C)c1. The molecule has 32 heavy (non-hydrogen) atoms. The molecule has 3 heterocycles. The molecule has 2 aliphatic rings. The Morgan fingerprint density at radius 1 is 1.28 bits per heavy atom. The molecule has 1 aromatic carbocycles. The standard InChI is InChI=1S/C25H28N6O/c1-15-18(11-21(26-3)19-12-27-30(5)13-19)7-6-8-20(15)23-22-14-29(4)25(32)16(2)31(22)24(28-23)17-9-10-17/h6-8,11-13,16-17H,3,9-10,14H2,1-2,4-5H3/b21-11-/t16-/m1/s1. The highest BCUT2D eigenvalue weighted by Crippen LogP contribution is 2.44. The Morgan fingerprint density at radius 3 is 2.72 bits per heavy atom. The van der Waals surface area contributed by atoms with Gasteiger partial charge in [0.15, 0.2) is 0 Å². The molecule has 1 atom stereocenters. The van der Waals surface area contributed by atoms with E-state index < -0.39 is 0 Å². The summed E-state index contributed by atoms with van der Waals surface area (Å²) in [4.78, 5) is 23.9. The molecule has 0 radical (unpaired) electrons. The zero-order valence-corrected chi connectivity index (χ0v) is 19.0. The average Bonchev–Trinajstić information content (AvgIpc) is 3.43. The van der Waals surface area contributed by atoms with E-state index in [1.165, 1.54) is 0 Å². The first-order valence-corrected chi connectivity index (χ1v) is 11.0. The smallest absolute Gasteiger partial charge is 0.245 e. The van der Waals surface area contributed by atoms with Gasteiger partial charge in [-0.25, -0.2) is 4.98 Å². The van der Waals surface area contributed by atoms with E-state index in [9.17, 15) is 4.79 Å². The Balaban J connectivity index is 1.64. The molecule has 1 fully saturated rings. The number of amides is 1. The molecule has 0 spiro atoms. The number of aromatic nitrogens is 4. The number of hydrogen-bond acceptors (Lipinski definition) is 4. The number of hydrogen-bond donors (Lipinski definition) is 0. The second kappa shape index (κ2) is 7.58. The molecule has 0 bridgehead atoms. The molecule has 3 aromatic rings. The molecule has 2 aromatic heterocycles. The number of benzene rings is 1. The fraction of sp³-hybridized carbons (Fsp3) is 0.360. The number of fused-ring (bicyclic) bond motifs is 1. The molecule has 1 amide bonds. The maximum absolute atomic E-state index is 12.7. The Labute approximate surface area is 188 Å². The van der Waals surface area contributed by atoms with Crippen LogP contribution in [0.2, 0.25) is 0 Å². The lowest BCUT2D eigenvalue weighted by molar-refractivity contribution is -0.135. The van der Waals surface area contributed by atoms with Gasteiger partial charge in [0.1, 0.15) is 11.9 Å². The predicted molar refractivity (Wildman–Crippen MR) is 126 cm³/mol. The van der Waals surface area contributed by atoms with Gasteiger partial charge in [-0.15, -0.1) is 0 Å². The van der Waals surface area contributed by atoms with E-state index in [0.29, 0.717) is 12.5 Å². The summed E-state index contributed by atoms with van der Waals surface area (Å²) in [6, 6.07) is 6.05. The number of carbonyl (C=O) groups is 1. The van der Waals surface area contributed by atoms with Crippen molar-refractivity contribution in [3.63, 3.8) is 0 Å². The molecular formula is C25H28N6O. The molecule has 1 aliphatic carbocycles. The number of aliphatic imine (C=N–C) groups is 1. The second-order valence-electron chi connectivity index (χ2n) is 8.89. The van der Waals surface area contributed by atoms with Gasteiger partial charge in [-0.2, -0.15) is 5.10 Å². The first-order chi connectivity index (χ1) is 15.4. The van der Waals surface area contributed by atoms with Gasteiger partial charge in [0.2, 0.25) is 5.91 Å². The maximum atomic E-state index is 12.7. The van der Waals surface area contributed by atoms with Gasteiger partial charge >= 0.3 is 0 Å². The summed E-state index contributed by atoms with van der Waals surface area (Å²) in [6.45, 7) is 8.44. The van der Waals surface area contributed by atoms with Crippen LogP contribution < -0.4 is 0 Å². The third-order valence-electron chi connectivity index (χ3n) is 6.58. The van der Waals surface area contributed by atoms with E-state index in [0.717, 1.165) is 58.0 Å². The topological polar surface area (TPSA) is 68.3 Å². The second-order valence-corrected chi connectivity index (χ2v) is 8.89. The Kier molecular flexibility index (Phi) is 4.84. The van der Waals surface area contributed by atoms with Gasteiger partial charge in [0, 0.05) is 37.3 Å². The van der Waals surface area contributed by atoms with E-state index in [1.807, 2.05) is 38.2 Å². The first kappa shape index (κ1) is 20.4. The lowest BCUT2D eigenvalue weighted by Gasteiger charge is -2.31. The highest BCUT2D eigenvalue weighted by molar-refractivity contribution is 5.86. The molecular weight excluding hydrogens is 400 g/mol. The van der Waals surface area contributed by atoms with Crippen molar-refractivity contribution in [2.45, 2.75) is 45.2 Å². The predicted octanol–water partition coefficient (Wildman–Crippen LogP) is 4.20. The third kappa shape index (κ3) is 3.28. The van der Waals surface area contributed by atoms with E-state index in [2.05, 4.69) is 46.5 Å². The van der Waals surface area contributed by atoms with Crippen LogP contribution in [-0.2, 0) is 18.4 Å². The molecule has 0 N–H and O–H groups in total. The number of aryl methyl sites for hydroxylation is 1. The van der Waals surface area contributed by atoms with Crippen molar-refractivity contribution in [1.82, 2.24) is 24.2 Å². The van der Waals surface area contributed by atoms with Crippen molar-refractivity contribution in [3.8, 4) is 11.3 Å². The van der Waals surface area contributed by atoms with Gasteiger partial charge in [-0.05, 0) is 50.6 Å². The number of likely N-dealkylation sites (N-methyl/N-ethyl adjacent to an activating group) is 1. The molecule has 7 nitrogen and oxygen atoms in total. The molecule has 7 heteroatoms. The summed E-state index contributed by atoms with van der Waals surface area (Å²) in [5.41, 5.74) is 7.11. The van der Waals surface area contributed by atoms with E-state index >= 15 is 0 Å². The summed E-state index contributed by atoms with van der Waals surface area (Å²) in [6.07, 6.45) is 8.07. The van der Waals surface area contributed by atoms with Crippen LogP contribution in [0.1, 0.15) is 59.9 Å². The van der Waals surface area contributed by atoms with Crippen molar-refractivity contribution in [3.05, 3.63) is 58.8 Å². The molecule has 164 valence electrons. The number of nitrogens with zero attached hydrogens (tertiary/aromatic N) is 6. The lowest BCUT2D eigenvalue weighted by atomic mass is 9.97. The Bertz CT molecular complexity index is 1260. The molecule has 5 rings (SSSR count). The normalized spacial score (nSPS) is 18.8. The first-order valence-electron chi connectivity index (χ1n) is 11.0. The average molecular weight is 429 g/mol. The quantitative estimate of drug-likeness (QED) is 0.572. The third-order valence-corrected chi connectivity index (χ3v) is 6.58. The monoisotopic (exact) mass is 428 g/mol. The van der Waals surface area contributed by atoms with Crippen LogP contribution in [0.5, 0.6) is 0 Å². The van der Waals surface area contributed by atoms with E-state index in [-0.39, 0.29) is 11.9 Å². The van der Waals surface area contributed by atoms with Crippen molar-refractivity contribution in [1.29, 1.82) is 0 Å². The van der Waals surface area contributed by atoms with Gasteiger partial charge in [-0.3, -0.25) is 14.5 Å². The van der Waals surface area contributed by atoms with Crippen LogP contribution in [0.4, 0.5) is 0 Å². The number of rotatable bonds is 5. The van der Waals surface area contributed by atoms with Crippen molar-refractivity contribution >= 4 is 24.4 Å². The fourth-order valence-electron chi connectivity index (χ4n) is 4.63. The lowest BCUT2D eigenvalue weighted by Crippen LogP contribution is -2.39. The van der Waals surface area contributed by atoms with Crippen LogP contribution >= 0.6 is 0 Å². The van der Waals surface area contributed by atoms with Crippen molar-refractivity contribution < 1.29 is 4.79 Å². The van der Waals surface area contributed by atoms with Crippen LogP contribution in [0.3, 0.4) is 0 Å². The summed E-state index contributed by atoms with van der Waals surface area (Å²) < 4.78 is 3.96. The summed E-state index contributed by atoms with van der Waals surface area (Å²) >= 11 is 0. The Hall–Kier alpha value is -3.48. The van der Waals surface area contributed by atoms with Crippen molar-refractivity contribution in [2.75, 3.05) is 7.05 Å². The van der Waals surface area contributed by atoms with Gasteiger partial charge in [-0.1, -0.05) is 18.2 Å². The minimum atomic E-state index is -0.217. The van der Waals surface area contributed by atoms with Crippen LogP contribution in [-0.4, -0.2) is 43.9 Å². The zero-order chi connectivity index (χ0) is 22.6. The minimum Gasteiger partial charge on any atom is -0.338 e. The zero-order valence-electron chi connectivity index (χ0n) is 19.0. The summed E-state index contributed by atoms with van der Waals surface area (Å²) in [5, 5.41) is 4.25. The van der Waals surface area contributed by atoms with Crippen molar-refractivity contribution in [2.24, 2.45) is 12.0 Å². The number of carbonyl (C=O) groups excluding carboxylic acids is 1. The fourth-order valence-corrected chi connectivity index (χ4v) is 4.63. The molecule has 0 saturated heterocycles. The summed E-state index contributed by atoms with van der Waals surface area (Å²) in [7, 11) is 3.76. The maximum Gasteiger partial charge on any atom is 0.245 e. The summed E-state index contributed by atoms with van der Waals surface area (Å²) in [5.74, 6) is 1.68. The van der Waals surface area contributed by atoms with E-state index in [1.54, 1.807) is 10.9 Å². The molecule has 0 unspecified atom stereocenters. The molecule has 1 aliphatic heterocycles. The van der Waals surface area contributed by atoms with Gasteiger partial charge < -0.3 is 9.47 Å². The minimum absolute atomic E-state index is 0.148. The highest BCUT2D eigenvalue weighted by atomic mass is 16.2. The largest absolute Gasteiger partial charge is 0.338 e. The molecule has 1 saturated carbocycles. The highest BCUT2D eigenvalue weighted by Gasteiger charge is 2.38. The van der Waals surface area contributed by atoms with E-state index in [4.69, 9.17) is 4.98 Å². The van der Waals surface area contributed by atoms with Gasteiger partial charge in [0.05, 0.1) is 29.8 Å². The number of imidazole rings is 1. The van der Waals surface area contributed by atoms with Gasteiger partial charge in [0.25, 0.3) is 0 Å². The Morgan fingerprint density at radius 2 is 2.06 bits per heavy atom. The van der Waals surface area contributed by atoms with Crippen LogP contribution in [0, 0.1) is 6.92 Å². The van der Waals surface area contributed by atoms with Crippen LogP contribution in [0.25, 0.3) is 23.0 Å².